The third kappa shape index (κ3) is 3.63. The first kappa shape index (κ1) is 23.4. The number of aliphatic hydroxyl groups excluding tert-OH is 1. The van der Waals surface area contributed by atoms with Crippen molar-refractivity contribution in [3.8, 4) is 34.3 Å². The van der Waals surface area contributed by atoms with Crippen LogP contribution < -0.4 is 0 Å². The SMILES string of the molecule is C[C@H]1C(O)C(C#N)=C[C@@]2(C)c3nc(-c4cccc(-c5cnn(C)c5)c4)n(-c4cccc(F)c4)c3CC[C@H]12. The largest absolute Gasteiger partial charge is 0.387 e. The van der Waals surface area contributed by atoms with Crippen LogP contribution in [-0.4, -0.2) is 30.5 Å². The van der Waals surface area contributed by atoms with Crippen molar-refractivity contribution in [3.05, 3.63) is 89.8 Å². The highest BCUT2D eigenvalue weighted by Crippen LogP contribution is 2.51. The van der Waals surface area contributed by atoms with Crippen LogP contribution in [0.15, 0.2) is 72.6 Å². The second-order valence-electron chi connectivity index (χ2n) is 10.5. The van der Waals surface area contributed by atoms with Gasteiger partial charge < -0.3 is 5.11 Å². The Hall–Kier alpha value is -4.02. The molecule has 7 heteroatoms. The third-order valence-electron chi connectivity index (χ3n) is 8.21. The summed E-state index contributed by atoms with van der Waals surface area (Å²) in [7, 11) is 1.89. The predicted molar refractivity (Wildman–Crippen MR) is 139 cm³/mol. The Kier molecular flexibility index (Phi) is 5.39. The van der Waals surface area contributed by atoms with Gasteiger partial charge in [-0.1, -0.05) is 44.2 Å². The summed E-state index contributed by atoms with van der Waals surface area (Å²) < 4.78 is 18.3. The first-order valence-corrected chi connectivity index (χ1v) is 12.6. The molecular weight excluding hydrogens is 465 g/mol. The number of imidazole rings is 1. The number of nitrogens with zero attached hydrogens (tertiary/aromatic N) is 5. The van der Waals surface area contributed by atoms with E-state index in [1.807, 2.05) is 56.7 Å². The molecule has 2 aromatic heterocycles. The molecule has 4 aromatic rings. The lowest BCUT2D eigenvalue weighted by Gasteiger charge is -2.46. The molecule has 0 aliphatic heterocycles. The van der Waals surface area contributed by atoms with Gasteiger partial charge in [0.1, 0.15) is 11.6 Å². The van der Waals surface area contributed by atoms with E-state index in [9.17, 15) is 14.8 Å². The lowest BCUT2D eigenvalue weighted by atomic mass is 9.58. The molecule has 6 rings (SSSR count). The minimum Gasteiger partial charge on any atom is -0.387 e. The number of aromatic nitrogens is 4. The summed E-state index contributed by atoms with van der Waals surface area (Å²) in [6.07, 6.45) is 6.53. The normalized spacial score (nSPS) is 24.6. The fourth-order valence-electron chi connectivity index (χ4n) is 6.37. The van der Waals surface area contributed by atoms with Crippen molar-refractivity contribution >= 4 is 0 Å². The van der Waals surface area contributed by atoms with Crippen molar-refractivity contribution in [2.45, 2.75) is 38.2 Å². The van der Waals surface area contributed by atoms with Crippen molar-refractivity contribution in [1.29, 1.82) is 5.26 Å². The molecular formula is C30H28FN5O. The number of aryl methyl sites for hydroxylation is 1. The summed E-state index contributed by atoms with van der Waals surface area (Å²) in [5.74, 6) is 0.483. The van der Waals surface area contributed by atoms with E-state index in [2.05, 4.69) is 28.7 Å². The number of aliphatic hydroxyl groups is 1. The van der Waals surface area contributed by atoms with Gasteiger partial charge in [-0.25, -0.2) is 9.37 Å². The second kappa shape index (κ2) is 8.53. The lowest BCUT2D eigenvalue weighted by Crippen LogP contribution is -2.47. The lowest BCUT2D eigenvalue weighted by molar-refractivity contribution is 0.0668. The number of hydrogen-bond acceptors (Lipinski definition) is 4. The molecule has 0 amide bonds. The van der Waals surface area contributed by atoms with E-state index in [1.165, 1.54) is 12.1 Å². The van der Waals surface area contributed by atoms with E-state index in [0.717, 1.165) is 46.7 Å². The second-order valence-corrected chi connectivity index (χ2v) is 10.5. The molecule has 0 saturated carbocycles. The zero-order valence-electron chi connectivity index (χ0n) is 21.1. The van der Waals surface area contributed by atoms with E-state index in [4.69, 9.17) is 4.98 Å². The van der Waals surface area contributed by atoms with Crippen molar-refractivity contribution < 1.29 is 9.50 Å². The fourth-order valence-corrected chi connectivity index (χ4v) is 6.37. The van der Waals surface area contributed by atoms with Crippen molar-refractivity contribution in [3.63, 3.8) is 0 Å². The van der Waals surface area contributed by atoms with E-state index in [0.29, 0.717) is 11.3 Å². The molecule has 2 aliphatic carbocycles. The van der Waals surface area contributed by atoms with Gasteiger partial charge in [-0.2, -0.15) is 10.4 Å². The zero-order valence-corrected chi connectivity index (χ0v) is 21.1. The Balaban J connectivity index is 1.60. The average molecular weight is 494 g/mol. The molecule has 37 heavy (non-hydrogen) atoms. The van der Waals surface area contributed by atoms with Gasteiger partial charge in [0, 0.05) is 35.5 Å². The molecule has 2 aromatic carbocycles. The highest BCUT2D eigenvalue weighted by molar-refractivity contribution is 5.71. The van der Waals surface area contributed by atoms with Gasteiger partial charge in [0.15, 0.2) is 0 Å². The maximum absolute atomic E-state index is 14.4. The molecule has 0 fully saturated rings. The van der Waals surface area contributed by atoms with Crippen molar-refractivity contribution in [2.75, 3.05) is 0 Å². The van der Waals surface area contributed by atoms with E-state index >= 15 is 0 Å². The number of nitriles is 1. The number of benzene rings is 2. The Labute approximate surface area is 215 Å². The number of hydrogen-bond donors (Lipinski definition) is 1. The van der Waals surface area contributed by atoms with Crippen LogP contribution in [0.2, 0.25) is 0 Å². The Morgan fingerprint density at radius 1 is 1.14 bits per heavy atom. The van der Waals surface area contributed by atoms with Gasteiger partial charge in [-0.15, -0.1) is 0 Å². The van der Waals surface area contributed by atoms with Crippen LogP contribution in [0, 0.1) is 29.0 Å². The molecule has 1 unspecified atom stereocenters. The molecule has 4 atom stereocenters. The van der Waals surface area contributed by atoms with Gasteiger partial charge in [-0.05, 0) is 54.5 Å². The monoisotopic (exact) mass is 493 g/mol. The standard InChI is InChI=1S/C30H28FN5O/c1-18-25-10-11-26-28(30(25,2)14-21(15-32)27(18)37)34-29(36(26)24-9-5-8-23(31)13-24)20-7-4-6-19(12-20)22-16-33-35(3)17-22/h4-9,12-14,16-18,25,27,37H,10-11H2,1-3H3/t18-,25-,27?,30-/m1/s1. The highest BCUT2D eigenvalue weighted by atomic mass is 19.1. The number of fused-ring (bicyclic) bond motifs is 3. The summed E-state index contributed by atoms with van der Waals surface area (Å²) in [5.41, 5.74) is 5.42. The summed E-state index contributed by atoms with van der Waals surface area (Å²) >= 11 is 0. The summed E-state index contributed by atoms with van der Waals surface area (Å²) in [6.45, 7) is 4.14. The van der Waals surface area contributed by atoms with Crippen LogP contribution in [-0.2, 0) is 18.9 Å². The molecule has 0 saturated heterocycles. The van der Waals surface area contributed by atoms with Gasteiger partial charge in [-0.3, -0.25) is 9.25 Å². The number of rotatable bonds is 3. The minimum atomic E-state index is -0.773. The Morgan fingerprint density at radius 3 is 2.65 bits per heavy atom. The Morgan fingerprint density at radius 2 is 1.92 bits per heavy atom. The van der Waals surface area contributed by atoms with Crippen LogP contribution in [0.1, 0.15) is 31.7 Å². The van der Waals surface area contributed by atoms with Gasteiger partial charge in [0.25, 0.3) is 0 Å². The topological polar surface area (TPSA) is 79.7 Å². The van der Waals surface area contributed by atoms with Crippen molar-refractivity contribution in [1.82, 2.24) is 19.3 Å². The quantitative estimate of drug-likeness (QED) is 0.417. The maximum atomic E-state index is 14.4. The molecule has 186 valence electrons. The molecule has 0 radical (unpaired) electrons. The molecule has 1 N–H and O–H groups in total. The van der Waals surface area contributed by atoms with Crippen LogP contribution >= 0.6 is 0 Å². The maximum Gasteiger partial charge on any atom is 0.145 e. The predicted octanol–water partition coefficient (Wildman–Crippen LogP) is 5.36. The van der Waals surface area contributed by atoms with E-state index in [1.54, 1.807) is 10.7 Å². The molecule has 6 nitrogen and oxygen atoms in total. The van der Waals surface area contributed by atoms with Crippen LogP contribution in [0.4, 0.5) is 4.39 Å². The first-order chi connectivity index (χ1) is 17.8. The number of allylic oxidation sites excluding steroid dienone is 1. The van der Waals surface area contributed by atoms with Gasteiger partial charge in [0.2, 0.25) is 0 Å². The van der Waals surface area contributed by atoms with Crippen molar-refractivity contribution in [2.24, 2.45) is 18.9 Å². The average Bonchev–Trinajstić information content (AvgIpc) is 3.51. The zero-order chi connectivity index (χ0) is 25.9. The highest BCUT2D eigenvalue weighted by Gasteiger charge is 2.50. The molecule has 0 bridgehead atoms. The van der Waals surface area contributed by atoms with E-state index in [-0.39, 0.29) is 17.7 Å². The smallest absolute Gasteiger partial charge is 0.145 e. The van der Waals surface area contributed by atoms with Crippen LogP contribution in [0.25, 0.3) is 28.2 Å². The van der Waals surface area contributed by atoms with Gasteiger partial charge >= 0.3 is 0 Å². The van der Waals surface area contributed by atoms with Gasteiger partial charge in [0.05, 0.1) is 35.3 Å². The minimum absolute atomic E-state index is 0.0746. The summed E-state index contributed by atoms with van der Waals surface area (Å²) in [6, 6.07) is 17.0. The summed E-state index contributed by atoms with van der Waals surface area (Å²) in [4.78, 5) is 5.24. The molecule has 0 spiro atoms. The Bertz CT molecular complexity index is 1590. The van der Waals surface area contributed by atoms with Crippen LogP contribution in [0.5, 0.6) is 0 Å². The fraction of sp³-hybridized carbons (Fsp3) is 0.300. The molecule has 2 aliphatic rings. The van der Waals surface area contributed by atoms with Crippen LogP contribution in [0.3, 0.4) is 0 Å². The van der Waals surface area contributed by atoms with E-state index < -0.39 is 11.5 Å². The molecule has 2 heterocycles. The number of halogens is 1. The first-order valence-electron chi connectivity index (χ1n) is 12.6. The summed E-state index contributed by atoms with van der Waals surface area (Å²) in [5, 5.41) is 24.8. The third-order valence-corrected chi connectivity index (χ3v) is 8.21.